The predicted molar refractivity (Wildman–Crippen MR) is 64.1 cm³/mol. The minimum absolute atomic E-state index is 0.0762. The molecule has 1 unspecified atom stereocenters. The highest BCUT2D eigenvalue weighted by atomic mass is 16.5. The summed E-state index contributed by atoms with van der Waals surface area (Å²) in [6, 6.07) is -0.343. The molecule has 2 N–H and O–H groups in total. The molecule has 1 saturated heterocycles. The summed E-state index contributed by atoms with van der Waals surface area (Å²) in [4.78, 5) is 13.8. The Morgan fingerprint density at radius 3 is 2.94 bits per heavy atom. The van der Waals surface area contributed by atoms with E-state index < -0.39 is 0 Å². The molecule has 16 heavy (non-hydrogen) atoms. The third kappa shape index (κ3) is 3.76. The molecular weight excluding hydrogens is 204 g/mol. The molecule has 0 aromatic heterocycles. The number of hydrogen-bond donors (Lipinski definition) is 1. The van der Waals surface area contributed by atoms with Crippen LogP contribution in [0.3, 0.4) is 0 Å². The van der Waals surface area contributed by atoms with Crippen LogP contribution in [-0.2, 0) is 9.53 Å². The molecule has 94 valence electrons. The third-order valence-electron chi connectivity index (χ3n) is 3.00. The molecule has 1 aliphatic rings. The number of nitrogens with zero attached hydrogens (tertiary/aromatic N) is 1. The fraction of sp³-hybridized carbons (Fsp3) is 0.917. The van der Waals surface area contributed by atoms with Gasteiger partial charge in [-0.05, 0) is 25.7 Å². The highest BCUT2D eigenvalue weighted by molar-refractivity contribution is 5.81. The van der Waals surface area contributed by atoms with Crippen LogP contribution in [-0.4, -0.2) is 42.6 Å². The lowest BCUT2D eigenvalue weighted by molar-refractivity contribution is -0.136. The van der Waals surface area contributed by atoms with Gasteiger partial charge >= 0.3 is 0 Å². The van der Waals surface area contributed by atoms with E-state index in [-0.39, 0.29) is 18.1 Å². The van der Waals surface area contributed by atoms with E-state index in [1.165, 1.54) is 0 Å². The lowest BCUT2D eigenvalue weighted by atomic mass is 10.1. The molecule has 0 aliphatic carbocycles. The number of hydrogen-bond acceptors (Lipinski definition) is 3. The van der Waals surface area contributed by atoms with E-state index in [0.717, 1.165) is 32.4 Å². The lowest BCUT2D eigenvalue weighted by Gasteiger charge is -2.34. The molecular formula is C12H24N2O2. The number of carbonyl (C=O) groups excluding carboxylic acids is 1. The molecule has 4 heteroatoms. The second-order valence-electron chi connectivity index (χ2n) is 4.43. The van der Waals surface area contributed by atoms with Crippen molar-refractivity contribution in [3.8, 4) is 0 Å². The van der Waals surface area contributed by atoms with Gasteiger partial charge in [0.15, 0.2) is 0 Å². The van der Waals surface area contributed by atoms with E-state index in [0.29, 0.717) is 13.0 Å². The Morgan fingerprint density at radius 2 is 2.31 bits per heavy atom. The Morgan fingerprint density at radius 1 is 1.56 bits per heavy atom. The lowest BCUT2D eigenvalue weighted by Crippen LogP contribution is -2.49. The molecule has 4 nitrogen and oxygen atoms in total. The Balaban J connectivity index is 2.40. The molecule has 1 fully saturated rings. The number of ether oxygens (including phenoxy) is 1. The normalized spacial score (nSPS) is 23.2. The average molecular weight is 228 g/mol. The Labute approximate surface area is 98.1 Å². The van der Waals surface area contributed by atoms with Crippen molar-refractivity contribution in [1.29, 1.82) is 0 Å². The number of likely N-dealkylation sites (tertiary alicyclic amines) is 1. The first kappa shape index (κ1) is 13.5. The summed E-state index contributed by atoms with van der Waals surface area (Å²) in [7, 11) is 0. The zero-order chi connectivity index (χ0) is 12.0. The monoisotopic (exact) mass is 228 g/mol. The molecule has 0 bridgehead atoms. The highest BCUT2D eigenvalue weighted by Crippen LogP contribution is 2.14. The third-order valence-corrected chi connectivity index (χ3v) is 3.00. The molecule has 0 radical (unpaired) electrons. The van der Waals surface area contributed by atoms with Gasteiger partial charge in [-0.15, -0.1) is 0 Å². The maximum atomic E-state index is 11.9. The van der Waals surface area contributed by atoms with Gasteiger partial charge < -0.3 is 15.4 Å². The largest absolute Gasteiger partial charge is 0.376 e. The minimum atomic E-state index is -0.343. The smallest absolute Gasteiger partial charge is 0.239 e. The molecule has 0 aromatic carbocycles. The van der Waals surface area contributed by atoms with Crippen molar-refractivity contribution in [3.63, 3.8) is 0 Å². The minimum Gasteiger partial charge on any atom is -0.376 e. The van der Waals surface area contributed by atoms with Crippen molar-refractivity contribution in [1.82, 2.24) is 4.90 Å². The first-order valence-electron chi connectivity index (χ1n) is 6.35. The van der Waals surface area contributed by atoms with Gasteiger partial charge in [0.1, 0.15) is 0 Å². The molecule has 1 heterocycles. The molecule has 1 rings (SSSR count). The summed E-state index contributed by atoms with van der Waals surface area (Å²) in [5.41, 5.74) is 5.76. The van der Waals surface area contributed by atoms with Gasteiger partial charge in [-0.2, -0.15) is 0 Å². The molecule has 2 atom stereocenters. The van der Waals surface area contributed by atoms with Crippen LogP contribution in [0.4, 0.5) is 0 Å². The number of amides is 1. The van der Waals surface area contributed by atoms with Crippen LogP contribution in [0.5, 0.6) is 0 Å². The number of rotatable bonds is 5. The van der Waals surface area contributed by atoms with E-state index in [1.807, 2.05) is 11.8 Å². The zero-order valence-corrected chi connectivity index (χ0v) is 10.4. The summed E-state index contributed by atoms with van der Waals surface area (Å²) >= 11 is 0. The molecule has 0 aromatic rings. The van der Waals surface area contributed by atoms with Crippen LogP contribution in [0.2, 0.25) is 0 Å². The Bertz CT molecular complexity index is 221. The Hall–Kier alpha value is -0.610. The van der Waals surface area contributed by atoms with Crippen LogP contribution in [0.1, 0.15) is 39.5 Å². The van der Waals surface area contributed by atoms with Crippen molar-refractivity contribution >= 4 is 5.91 Å². The van der Waals surface area contributed by atoms with Crippen LogP contribution in [0.25, 0.3) is 0 Å². The van der Waals surface area contributed by atoms with E-state index in [9.17, 15) is 4.79 Å². The average Bonchev–Trinajstić information content (AvgIpc) is 2.34. The van der Waals surface area contributed by atoms with Gasteiger partial charge in [-0.1, -0.05) is 13.8 Å². The molecule has 1 aliphatic heterocycles. The first-order chi connectivity index (χ1) is 7.69. The fourth-order valence-electron chi connectivity index (χ4n) is 1.97. The van der Waals surface area contributed by atoms with Crippen molar-refractivity contribution < 1.29 is 9.53 Å². The van der Waals surface area contributed by atoms with Crippen LogP contribution in [0.15, 0.2) is 0 Å². The number of piperidine rings is 1. The van der Waals surface area contributed by atoms with E-state index >= 15 is 0 Å². The summed E-state index contributed by atoms with van der Waals surface area (Å²) in [6.45, 7) is 6.37. The van der Waals surface area contributed by atoms with Gasteiger partial charge in [-0.25, -0.2) is 0 Å². The van der Waals surface area contributed by atoms with Gasteiger partial charge in [0.2, 0.25) is 5.91 Å². The van der Waals surface area contributed by atoms with Crippen LogP contribution < -0.4 is 5.73 Å². The van der Waals surface area contributed by atoms with Crippen LogP contribution in [0, 0.1) is 0 Å². The van der Waals surface area contributed by atoms with Crippen molar-refractivity contribution in [3.05, 3.63) is 0 Å². The standard InChI is InChI=1S/C12H24N2O2/c1-3-8-16-10-6-5-7-14(9-10)12(15)11(13)4-2/h10-11H,3-9,13H2,1-2H3/t10?,11-/m0/s1. The maximum Gasteiger partial charge on any atom is 0.239 e. The Kier molecular flexibility index (Phi) is 5.77. The summed E-state index contributed by atoms with van der Waals surface area (Å²) in [5, 5.41) is 0. The quantitative estimate of drug-likeness (QED) is 0.767. The van der Waals surface area contributed by atoms with E-state index in [1.54, 1.807) is 0 Å². The summed E-state index contributed by atoms with van der Waals surface area (Å²) in [6.07, 6.45) is 4.03. The van der Waals surface area contributed by atoms with Gasteiger partial charge in [0.25, 0.3) is 0 Å². The number of carbonyl (C=O) groups is 1. The number of nitrogens with two attached hydrogens (primary N) is 1. The van der Waals surface area contributed by atoms with Crippen molar-refractivity contribution in [2.75, 3.05) is 19.7 Å². The second kappa shape index (κ2) is 6.86. The van der Waals surface area contributed by atoms with E-state index in [2.05, 4.69) is 6.92 Å². The topological polar surface area (TPSA) is 55.6 Å². The van der Waals surface area contributed by atoms with E-state index in [4.69, 9.17) is 10.5 Å². The maximum absolute atomic E-state index is 11.9. The van der Waals surface area contributed by atoms with Crippen LogP contribution >= 0.6 is 0 Å². The molecule has 0 saturated carbocycles. The second-order valence-corrected chi connectivity index (χ2v) is 4.43. The summed E-state index contributed by atoms with van der Waals surface area (Å²) in [5.74, 6) is 0.0762. The van der Waals surface area contributed by atoms with Crippen molar-refractivity contribution in [2.24, 2.45) is 5.73 Å². The van der Waals surface area contributed by atoms with Crippen molar-refractivity contribution in [2.45, 2.75) is 51.7 Å². The first-order valence-corrected chi connectivity index (χ1v) is 6.35. The SMILES string of the molecule is CCCOC1CCCN(C(=O)[C@@H](N)CC)C1. The highest BCUT2D eigenvalue weighted by Gasteiger charge is 2.26. The zero-order valence-electron chi connectivity index (χ0n) is 10.4. The molecule has 1 amide bonds. The summed E-state index contributed by atoms with van der Waals surface area (Å²) < 4.78 is 5.69. The fourth-order valence-corrected chi connectivity index (χ4v) is 1.97. The van der Waals surface area contributed by atoms with Gasteiger partial charge in [-0.3, -0.25) is 4.79 Å². The predicted octanol–water partition coefficient (Wildman–Crippen LogP) is 1.14. The van der Waals surface area contributed by atoms with Gasteiger partial charge in [0.05, 0.1) is 12.1 Å². The van der Waals surface area contributed by atoms with Gasteiger partial charge in [0, 0.05) is 19.7 Å². The molecule has 0 spiro atoms.